The van der Waals surface area contributed by atoms with Gasteiger partial charge in [-0.3, -0.25) is 19.7 Å². The van der Waals surface area contributed by atoms with Crippen molar-refractivity contribution in [2.45, 2.75) is 19.3 Å². The van der Waals surface area contributed by atoms with Crippen LogP contribution in [0.1, 0.15) is 18.4 Å². The monoisotopic (exact) mass is 394 g/mol. The Kier molecular flexibility index (Phi) is 5.26. The van der Waals surface area contributed by atoms with Gasteiger partial charge in [0.25, 0.3) is 11.6 Å². The van der Waals surface area contributed by atoms with Gasteiger partial charge in [-0.25, -0.2) is 8.42 Å². The molecule has 1 atom stereocenters. The summed E-state index contributed by atoms with van der Waals surface area (Å²) in [6.07, 6.45) is 2.62. The normalized spacial score (nSPS) is 20.1. The SMILES string of the molecule is O=C(CC1C=CS(=O)(=O)C1)OCC(=O)N1CCCc2cc([N+](=O)[O-])ccc21. The molecule has 0 bridgehead atoms. The van der Waals surface area contributed by atoms with E-state index in [1.54, 1.807) is 0 Å². The number of non-ortho nitro benzene ring substituents is 1. The zero-order valence-electron chi connectivity index (χ0n) is 14.4. The van der Waals surface area contributed by atoms with Crippen molar-refractivity contribution >= 4 is 33.1 Å². The molecule has 3 rings (SSSR count). The first-order valence-electron chi connectivity index (χ1n) is 8.39. The summed E-state index contributed by atoms with van der Waals surface area (Å²) in [5.74, 6) is -1.63. The van der Waals surface area contributed by atoms with Crippen LogP contribution in [0.25, 0.3) is 0 Å². The van der Waals surface area contributed by atoms with E-state index in [9.17, 15) is 28.1 Å². The molecular formula is C17H18N2O7S. The maximum absolute atomic E-state index is 12.4. The lowest BCUT2D eigenvalue weighted by molar-refractivity contribution is -0.384. The van der Waals surface area contributed by atoms with Crippen molar-refractivity contribution in [3.8, 4) is 0 Å². The number of esters is 1. The molecule has 1 unspecified atom stereocenters. The zero-order valence-corrected chi connectivity index (χ0v) is 15.2. The second-order valence-corrected chi connectivity index (χ2v) is 8.43. The fraction of sp³-hybridized carbons (Fsp3) is 0.412. The molecule has 0 saturated carbocycles. The predicted octanol–water partition coefficient (Wildman–Crippen LogP) is 1.37. The van der Waals surface area contributed by atoms with Gasteiger partial charge >= 0.3 is 5.97 Å². The Morgan fingerprint density at radius 3 is 2.78 bits per heavy atom. The van der Waals surface area contributed by atoms with E-state index in [-0.39, 0.29) is 17.9 Å². The highest BCUT2D eigenvalue weighted by Crippen LogP contribution is 2.30. The van der Waals surface area contributed by atoms with E-state index in [1.165, 1.54) is 29.2 Å². The van der Waals surface area contributed by atoms with Crippen LogP contribution in [-0.2, 0) is 30.6 Å². The van der Waals surface area contributed by atoms with Crippen molar-refractivity contribution in [3.63, 3.8) is 0 Å². The van der Waals surface area contributed by atoms with Crippen LogP contribution in [0.15, 0.2) is 29.7 Å². The quantitative estimate of drug-likeness (QED) is 0.419. The van der Waals surface area contributed by atoms with E-state index in [2.05, 4.69) is 0 Å². The summed E-state index contributed by atoms with van der Waals surface area (Å²) in [6, 6.07) is 4.32. The van der Waals surface area contributed by atoms with Gasteiger partial charge in [-0.2, -0.15) is 0 Å². The number of hydrogen-bond acceptors (Lipinski definition) is 7. The molecule has 27 heavy (non-hydrogen) atoms. The van der Waals surface area contributed by atoms with E-state index in [0.29, 0.717) is 30.6 Å². The Labute approximate surface area is 155 Å². The van der Waals surface area contributed by atoms with E-state index < -0.39 is 39.2 Å². The number of allylic oxidation sites excluding steroid dienone is 1. The molecule has 2 aliphatic rings. The summed E-state index contributed by atoms with van der Waals surface area (Å²) in [4.78, 5) is 36.2. The van der Waals surface area contributed by atoms with Crippen molar-refractivity contribution in [1.82, 2.24) is 0 Å². The second-order valence-electron chi connectivity index (χ2n) is 6.50. The standard InChI is InChI=1S/C17H18N2O7S/c20-16(10-26-17(21)8-12-5-7-27(24,25)11-12)18-6-1-2-13-9-14(19(22)23)3-4-15(13)18/h3-5,7,9,12H,1-2,6,8,10-11H2. The summed E-state index contributed by atoms with van der Waals surface area (Å²) >= 11 is 0. The highest BCUT2D eigenvalue weighted by molar-refractivity contribution is 7.94. The number of nitrogens with zero attached hydrogens (tertiary/aromatic N) is 2. The topological polar surface area (TPSA) is 124 Å². The number of ether oxygens (including phenoxy) is 1. The van der Waals surface area contributed by atoms with Crippen LogP contribution in [0.4, 0.5) is 11.4 Å². The number of carbonyl (C=O) groups excluding carboxylic acids is 2. The number of anilines is 1. The molecule has 2 aliphatic heterocycles. The number of benzene rings is 1. The summed E-state index contributed by atoms with van der Waals surface area (Å²) < 4.78 is 27.7. The number of aryl methyl sites for hydroxylation is 1. The van der Waals surface area contributed by atoms with Crippen LogP contribution < -0.4 is 4.90 Å². The molecule has 0 saturated heterocycles. The summed E-state index contributed by atoms with van der Waals surface area (Å²) in [7, 11) is -3.24. The lowest BCUT2D eigenvalue weighted by Crippen LogP contribution is -2.38. The van der Waals surface area contributed by atoms with Crippen LogP contribution in [0.5, 0.6) is 0 Å². The van der Waals surface area contributed by atoms with Crippen LogP contribution >= 0.6 is 0 Å². The largest absolute Gasteiger partial charge is 0.456 e. The average Bonchev–Trinajstić information content (AvgIpc) is 2.96. The Bertz CT molecular complexity index is 923. The predicted molar refractivity (Wildman–Crippen MR) is 95.8 cm³/mol. The molecule has 0 spiro atoms. The number of carbonyl (C=O) groups is 2. The minimum atomic E-state index is -3.24. The van der Waals surface area contributed by atoms with Crippen molar-refractivity contribution in [2.24, 2.45) is 5.92 Å². The van der Waals surface area contributed by atoms with Gasteiger partial charge in [0.05, 0.1) is 17.1 Å². The number of nitro benzene ring substituents is 1. The van der Waals surface area contributed by atoms with E-state index in [1.807, 2.05) is 0 Å². The molecule has 2 heterocycles. The Balaban J connectivity index is 1.58. The molecule has 0 aliphatic carbocycles. The van der Waals surface area contributed by atoms with Gasteiger partial charge in [0.2, 0.25) is 0 Å². The van der Waals surface area contributed by atoms with E-state index in [0.717, 1.165) is 5.41 Å². The number of hydrogen-bond donors (Lipinski definition) is 0. The minimum Gasteiger partial charge on any atom is -0.456 e. The molecule has 9 nitrogen and oxygen atoms in total. The first-order chi connectivity index (χ1) is 12.7. The summed E-state index contributed by atoms with van der Waals surface area (Å²) in [6.45, 7) is -0.0246. The summed E-state index contributed by atoms with van der Waals surface area (Å²) in [5, 5.41) is 12.0. The zero-order chi connectivity index (χ0) is 19.6. The number of sulfone groups is 1. The first-order valence-corrected chi connectivity index (χ1v) is 10.1. The first kappa shape index (κ1) is 19.0. The van der Waals surface area contributed by atoms with Crippen LogP contribution in [0.3, 0.4) is 0 Å². The molecule has 1 aromatic carbocycles. The third-order valence-corrected chi connectivity index (χ3v) is 5.95. The van der Waals surface area contributed by atoms with Gasteiger partial charge < -0.3 is 9.64 Å². The molecule has 1 aromatic rings. The smallest absolute Gasteiger partial charge is 0.306 e. The van der Waals surface area contributed by atoms with Gasteiger partial charge in [0, 0.05) is 35.7 Å². The Morgan fingerprint density at radius 1 is 1.33 bits per heavy atom. The van der Waals surface area contributed by atoms with Gasteiger partial charge in [-0.15, -0.1) is 0 Å². The van der Waals surface area contributed by atoms with Crippen molar-refractivity contribution < 1.29 is 27.7 Å². The lowest BCUT2D eigenvalue weighted by Gasteiger charge is -2.29. The van der Waals surface area contributed by atoms with E-state index in [4.69, 9.17) is 4.74 Å². The molecule has 1 amide bonds. The molecule has 144 valence electrons. The Hall–Kier alpha value is -2.75. The number of rotatable bonds is 5. The second kappa shape index (κ2) is 7.47. The highest BCUT2D eigenvalue weighted by Gasteiger charge is 2.27. The summed E-state index contributed by atoms with van der Waals surface area (Å²) in [5.41, 5.74) is 1.25. The fourth-order valence-electron chi connectivity index (χ4n) is 3.22. The Morgan fingerprint density at radius 2 is 2.11 bits per heavy atom. The third-order valence-electron chi connectivity index (χ3n) is 4.48. The third kappa shape index (κ3) is 4.51. The van der Waals surface area contributed by atoms with Gasteiger partial charge in [0.15, 0.2) is 16.4 Å². The molecular weight excluding hydrogens is 376 g/mol. The number of amides is 1. The minimum absolute atomic E-state index is 0.0333. The van der Waals surface area contributed by atoms with Crippen molar-refractivity contribution in [2.75, 3.05) is 23.8 Å². The van der Waals surface area contributed by atoms with Gasteiger partial charge in [-0.1, -0.05) is 6.08 Å². The lowest BCUT2D eigenvalue weighted by atomic mass is 10.0. The van der Waals surface area contributed by atoms with Gasteiger partial charge in [-0.05, 0) is 24.5 Å². The van der Waals surface area contributed by atoms with Crippen LogP contribution in [0, 0.1) is 16.0 Å². The van der Waals surface area contributed by atoms with Crippen LogP contribution in [-0.4, -0.2) is 44.1 Å². The van der Waals surface area contributed by atoms with E-state index >= 15 is 0 Å². The molecule has 10 heteroatoms. The van der Waals surface area contributed by atoms with Gasteiger partial charge in [0.1, 0.15) is 0 Å². The van der Waals surface area contributed by atoms with Crippen LogP contribution in [0.2, 0.25) is 0 Å². The van der Waals surface area contributed by atoms with Crippen molar-refractivity contribution in [1.29, 1.82) is 0 Å². The highest BCUT2D eigenvalue weighted by atomic mass is 32.2. The molecule has 0 radical (unpaired) electrons. The number of fused-ring (bicyclic) bond motifs is 1. The number of nitro groups is 1. The van der Waals surface area contributed by atoms with Crippen molar-refractivity contribution in [3.05, 3.63) is 45.4 Å². The molecule has 0 aromatic heterocycles. The maximum atomic E-state index is 12.4. The molecule has 0 fully saturated rings. The molecule has 0 N–H and O–H groups in total. The fourth-order valence-corrected chi connectivity index (χ4v) is 4.62. The average molecular weight is 394 g/mol. The maximum Gasteiger partial charge on any atom is 0.306 e.